The summed E-state index contributed by atoms with van der Waals surface area (Å²) in [4.78, 5) is 12.1. The van der Waals surface area contributed by atoms with Crippen molar-refractivity contribution in [3.8, 4) is 17.0 Å². The molecule has 0 bridgehead atoms. The van der Waals surface area contributed by atoms with E-state index in [4.69, 9.17) is 0 Å². The fourth-order valence-electron chi connectivity index (χ4n) is 2.28. The van der Waals surface area contributed by atoms with Crippen molar-refractivity contribution in [3.05, 3.63) is 69.8 Å². The number of aryl methyl sites for hydroxylation is 1. The monoisotopic (exact) mass is 398 g/mol. The summed E-state index contributed by atoms with van der Waals surface area (Å²) in [5, 5.41) is 20.7. The largest absolute Gasteiger partial charge is 0.507 e. The summed E-state index contributed by atoms with van der Waals surface area (Å²) in [5.74, 6) is -0.300. The molecule has 3 aromatic rings. The first-order valence-electron chi connectivity index (χ1n) is 7.48. The van der Waals surface area contributed by atoms with E-state index in [-0.39, 0.29) is 5.75 Å². The van der Waals surface area contributed by atoms with Crippen molar-refractivity contribution in [1.82, 2.24) is 15.6 Å². The third-order valence-corrected chi connectivity index (χ3v) is 4.01. The van der Waals surface area contributed by atoms with E-state index in [1.165, 1.54) is 6.21 Å². The van der Waals surface area contributed by atoms with Crippen molar-refractivity contribution < 1.29 is 9.90 Å². The topological polar surface area (TPSA) is 90.4 Å². The lowest BCUT2D eigenvalue weighted by molar-refractivity contribution is 0.0950. The van der Waals surface area contributed by atoms with E-state index < -0.39 is 5.91 Å². The predicted molar refractivity (Wildman–Crippen MR) is 99.6 cm³/mol. The number of phenols is 1. The van der Waals surface area contributed by atoms with Crippen LogP contribution in [0, 0.1) is 6.92 Å². The van der Waals surface area contributed by atoms with Crippen LogP contribution in [0.3, 0.4) is 0 Å². The van der Waals surface area contributed by atoms with E-state index in [1.807, 2.05) is 30.3 Å². The molecule has 6 nitrogen and oxygen atoms in total. The number of benzene rings is 2. The molecule has 0 aliphatic carbocycles. The van der Waals surface area contributed by atoms with Gasteiger partial charge in [-0.2, -0.15) is 10.2 Å². The van der Waals surface area contributed by atoms with Crippen molar-refractivity contribution in [2.75, 3.05) is 0 Å². The minimum Gasteiger partial charge on any atom is -0.507 e. The molecule has 0 spiro atoms. The first kappa shape index (κ1) is 16.9. The van der Waals surface area contributed by atoms with Crippen LogP contribution < -0.4 is 5.43 Å². The number of hydrogen-bond donors (Lipinski definition) is 3. The highest BCUT2D eigenvalue weighted by Crippen LogP contribution is 2.25. The van der Waals surface area contributed by atoms with Gasteiger partial charge in [-0.3, -0.25) is 9.89 Å². The third kappa shape index (κ3) is 3.95. The number of hydrogen-bond acceptors (Lipinski definition) is 4. The number of H-pyrrole nitrogens is 1. The van der Waals surface area contributed by atoms with Crippen LogP contribution in [-0.2, 0) is 0 Å². The number of phenolic OH excluding ortho intramolecular Hbond substituents is 1. The Kier molecular flexibility index (Phi) is 4.95. The number of rotatable bonds is 4. The maximum Gasteiger partial charge on any atom is 0.289 e. The Balaban J connectivity index is 1.70. The Labute approximate surface area is 152 Å². The van der Waals surface area contributed by atoms with Crippen LogP contribution in [0.5, 0.6) is 5.75 Å². The number of halogens is 1. The molecule has 1 aromatic heterocycles. The number of amides is 1. The Hall–Kier alpha value is -2.93. The van der Waals surface area contributed by atoms with E-state index in [0.29, 0.717) is 22.5 Å². The van der Waals surface area contributed by atoms with Crippen LogP contribution in [0.4, 0.5) is 0 Å². The van der Waals surface area contributed by atoms with Gasteiger partial charge < -0.3 is 5.11 Å². The maximum absolute atomic E-state index is 12.1. The van der Waals surface area contributed by atoms with Crippen LogP contribution >= 0.6 is 15.9 Å². The third-order valence-electron chi connectivity index (χ3n) is 3.56. The van der Waals surface area contributed by atoms with Crippen LogP contribution in [-0.4, -0.2) is 27.4 Å². The molecule has 0 fully saturated rings. The van der Waals surface area contributed by atoms with Gasteiger partial charge in [-0.1, -0.05) is 46.3 Å². The number of nitrogens with zero attached hydrogens (tertiary/aromatic N) is 2. The molecule has 25 heavy (non-hydrogen) atoms. The number of nitrogens with one attached hydrogen (secondary N) is 2. The molecule has 2 aromatic carbocycles. The average Bonchev–Trinajstić information content (AvgIpc) is 3.10. The van der Waals surface area contributed by atoms with Crippen molar-refractivity contribution in [2.24, 2.45) is 5.10 Å². The zero-order valence-electron chi connectivity index (χ0n) is 13.3. The fourth-order valence-corrected chi connectivity index (χ4v) is 2.87. The molecule has 126 valence electrons. The highest BCUT2D eigenvalue weighted by Gasteiger charge is 2.10. The van der Waals surface area contributed by atoms with Gasteiger partial charge in [0.05, 0.1) is 11.9 Å². The van der Waals surface area contributed by atoms with Gasteiger partial charge in [0.15, 0.2) is 0 Å². The van der Waals surface area contributed by atoms with Crippen LogP contribution in [0.2, 0.25) is 0 Å². The quantitative estimate of drug-likeness (QED) is 0.462. The highest BCUT2D eigenvalue weighted by molar-refractivity contribution is 9.10. The molecule has 0 saturated heterocycles. The summed E-state index contributed by atoms with van der Waals surface area (Å²) < 4.78 is 0.816. The van der Waals surface area contributed by atoms with E-state index in [1.54, 1.807) is 25.1 Å². The summed E-state index contributed by atoms with van der Waals surface area (Å²) in [5.41, 5.74) is 5.51. The molecule has 3 rings (SSSR count). The molecule has 7 heteroatoms. The molecule has 0 unspecified atom stereocenters. The van der Waals surface area contributed by atoms with Gasteiger partial charge in [0, 0.05) is 15.6 Å². The summed E-state index contributed by atoms with van der Waals surface area (Å²) >= 11 is 3.36. The molecular formula is C18H15BrN4O2. The molecular weight excluding hydrogens is 384 g/mol. The van der Waals surface area contributed by atoms with E-state index in [2.05, 4.69) is 36.7 Å². The lowest BCUT2D eigenvalue weighted by atomic mass is 10.1. The van der Waals surface area contributed by atoms with E-state index in [9.17, 15) is 9.90 Å². The second kappa shape index (κ2) is 7.31. The van der Waals surface area contributed by atoms with Gasteiger partial charge in [0.1, 0.15) is 11.4 Å². The van der Waals surface area contributed by atoms with Crippen molar-refractivity contribution in [1.29, 1.82) is 0 Å². The summed E-state index contributed by atoms with van der Waals surface area (Å²) in [6.07, 6.45) is 1.39. The number of aromatic nitrogens is 2. The fraction of sp³-hybridized carbons (Fsp3) is 0.0556. The van der Waals surface area contributed by atoms with E-state index in [0.717, 1.165) is 10.0 Å². The molecule has 0 atom stereocenters. The van der Waals surface area contributed by atoms with Crippen LogP contribution in [0.1, 0.15) is 21.6 Å². The van der Waals surface area contributed by atoms with Crippen molar-refractivity contribution in [3.63, 3.8) is 0 Å². The van der Waals surface area contributed by atoms with Crippen LogP contribution in [0.25, 0.3) is 11.3 Å². The first-order chi connectivity index (χ1) is 12.0. The van der Waals surface area contributed by atoms with Crippen molar-refractivity contribution >= 4 is 28.1 Å². The summed E-state index contributed by atoms with van der Waals surface area (Å²) in [7, 11) is 0. The molecule has 0 aliphatic rings. The molecule has 1 amide bonds. The van der Waals surface area contributed by atoms with Gasteiger partial charge in [-0.25, -0.2) is 5.43 Å². The Bertz CT molecular complexity index is 936. The van der Waals surface area contributed by atoms with Gasteiger partial charge in [-0.15, -0.1) is 0 Å². The minimum absolute atomic E-state index is 0.120. The van der Waals surface area contributed by atoms with E-state index >= 15 is 0 Å². The van der Waals surface area contributed by atoms with Crippen molar-refractivity contribution in [2.45, 2.75) is 6.92 Å². The number of aromatic hydroxyl groups is 1. The molecule has 3 N–H and O–H groups in total. The molecule has 0 aliphatic heterocycles. The zero-order valence-corrected chi connectivity index (χ0v) is 14.9. The molecule has 1 heterocycles. The zero-order chi connectivity index (χ0) is 17.8. The Morgan fingerprint density at radius 1 is 1.28 bits per heavy atom. The van der Waals surface area contributed by atoms with Gasteiger partial charge in [0.25, 0.3) is 5.91 Å². The second-order valence-electron chi connectivity index (χ2n) is 5.39. The highest BCUT2D eigenvalue weighted by atomic mass is 79.9. The molecule has 0 radical (unpaired) electrons. The van der Waals surface area contributed by atoms with Gasteiger partial charge in [0.2, 0.25) is 0 Å². The number of carbonyl (C=O) groups is 1. The lowest BCUT2D eigenvalue weighted by Crippen LogP contribution is -2.18. The lowest BCUT2D eigenvalue weighted by Gasteiger charge is -2.03. The number of carbonyl (C=O) groups excluding carboxylic acids is 1. The van der Waals surface area contributed by atoms with Gasteiger partial charge in [-0.05, 0) is 30.7 Å². The SMILES string of the molecule is Cc1cc(Br)cc(/C=N/NC(=O)c2cc(-c3ccccc3)n[nH]2)c1O. The minimum atomic E-state index is -0.419. The summed E-state index contributed by atoms with van der Waals surface area (Å²) in [6, 6.07) is 14.7. The normalized spacial score (nSPS) is 11.0. The van der Waals surface area contributed by atoms with Crippen LogP contribution in [0.15, 0.2) is 58.1 Å². The first-order valence-corrected chi connectivity index (χ1v) is 8.27. The smallest absolute Gasteiger partial charge is 0.289 e. The second-order valence-corrected chi connectivity index (χ2v) is 6.31. The Morgan fingerprint density at radius 2 is 2.04 bits per heavy atom. The maximum atomic E-state index is 12.1. The number of hydrazone groups is 1. The summed E-state index contributed by atoms with van der Waals surface area (Å²) in [6.45, 7) is 1.78. The molecule has 0 saturated carbocycles. The average molecular weight is 399 g/mol. The Morgan fingerprint density at radius 3 is 2.80 bits per heavy atom. The van der Waals surface area contributed by atoms with Gasteiger partial charge >= 0.3 is 0 Å². The number of aromatic amines is 1. The predicted octanol–water partition coefficient (Wildman–Crippen LogP) is 3.62. The standard InChI is InChI=1S/C18H15BrN4O2/c1-11-7-14(19)8-13(17(11)24)10-20-23-18(25)16-9-15(21-22-16)12-5-3-2-4-6-12/h2-10,24H,1H3,(H,21,22)(H,23,25)/b20-10+.